The molecular formula is C22H35IN6S. The highest BCUT2D eigenvalue weighted by molar-refractivity contribution is 14.0. The van der Waals surface area contributed by atoms with Crippen LogP contribution in [0.2, 0.25) is 0 Å². The van der Waals surface area contributed by atoms with Crippen LogP contribution in [0, 0.1) is 13.8 Å². The first-order chi connectivity index (χ1) is 14.2. The summed E-state index contributed by atoms with van der Waals surface area (Å²) in [5.41, 5.74) is 2.47. The number of hydrogen-bond donors (Lipinski definition) is 2. The van der Waals surface area contributed by atoms with Crippen LogP contribution in [0.3, 0.4) is 0 Å². The fourth-order valence-corrected chi connectivity index (χ4v) is 4.40. The highest BCUT2D eigenvalue weighted by Gasteiger charge is 2.16. The fraction of sp³-hybridized carbons (Fsp3) is 0.545. The van der Waals surface area contributed by atoms with Gasteiger partial charge in [0.25, 0.3) is 0 Å². The van der Waals surface area contributed by atoms with Crippen LogP contribution in [0.15, 0.2) is 35.3 Å². The number of unbranched alkanes of at least 4 members (excludes halogenated alkanes) is 1. The number of nitrogens with one attached hydrogen (secondary N) is 2. The average Bonchev–Trinajstić information content (AvgIpc) is 3.08. The summed E-state index contributed by atoms with van der Waals surface area (Å²) in [6.07, 6.45) is 2.36. The number of para-hydroxylation sites is 1. The summed E-state index contributed by atoms with van der Waals surface area (Å²) in [5.74, 6) is 0.854. The van der Waals surface area contributed by atoms with Gasteiger partial charge >= 0.3 is 0 Å². The molecule has 0 amide bonds. The second kappa shape index (κ2) is 13.1. The Balaban J connectivity index is 0.00000320. The molecule has 0 aliphatic carbocycles. The highest BCUT2D eigenvalue weighted by atomic mass is 127. The molecule has 2 N–H and O–H groups in total. The van der Waals surface area contributed by atoms with Gasteiger partial charge in [-0.25, -0.2) is 4.98 Å². The van der Waals surface area contributed by atoms with E-state index in [1.807, 2.05) is 7.05 Å². The Hall–Kier alpha value is -1.39. The van der Waals surface area contributed by atoms with Crippen LogP contribution in [-0.4, -0.2) is 62.2 Å². The molecule has 0 radical (unpaired) electrons. The van der Waals surface area contributed by atoms with Crippen LogP contribution < -0.4 is 15.5 Å². The van der Waals surface area contributed by atoms with Gasteiger partial charge in [-0.05, 0) is 45.4 Å². The van der Waals surface area contributed by atoms with Crippen molar-refractivity contribution in [2.24, 2.45) is 4.99 Å². The van der Waals surface area contributed by atoms with E-state index in [0.29, 0.717) is 0 Å². The number of guanidine groups is 1. The summed E-state index contributed by atoms with van der Waals surface area (Å²) >= 11 is 1.75. The van der Waals surface area contributed by atoms with E-state index in [2.05, 4.69) is 74.6 Å². The number of rotatable bonds is 8. The number of hydrogen-bond acceptors (Lipinski definition) is 5. The molecule has 0 unspecified atom stereocenters. The van der Waals surface area contributed by atoms with E-state index in [4.69, 9.17) is 0 Å². The van der Waals surface area contributed by atoms with Crippen molar-refractivity contribution < 1.29 is 0 Å². The Morgan fingerprint density at radius 2 is 1.80 bits per heavy atom. The van der Waals surface area contributed by atoms with Crippen LogP contribution in [0.25, 0.3) is 0 Å². The lowest BCUT2D eigenvalue weighted by atomic mass is 10.2. The lowest BCUT2D eigenvalue weighted by molar-refractivity contribution is 0.253. The van der Waals surface area contributed by atoms with Gasteiger partial charge in [0.15, 0.2) is 5.96 Å². The third kappa shape index (κ3) is 7.70. The second-order valence-electron chi connectivity index (χ2n) is 7.47. The summed E-state index contributed by atoms with van der Waals surface area (Å²) < 4.78 is 0. The molecule has 3 rings (SSSR count). The molecule has 1 fully saturated rings. The molecule has 0 bridgehead atoms. The number of anilines is 1. The van der Waals surface area contributed by atoms with Gasteiger partial charge in [-0.1, -0.05) is 18.2 Å². The molecule has 1 saturated heterocycles. The largest absolute Gasteiger partial charge is 0.369 e. The maximum absolute atomic E-state index is 4.57. The van der Waals surface area contributed by atoms with Crippen molar-refractivity contribution in [2.75, 3.05) is 51.2 Å². The SMILES string of the molecule is CN=C(NCCCCN1CCN(c2ccccc2)CC1)NCc1nc(C)c(C)s1.I. The second-order valence-corrected chi connectivity index (χ2v) is 8.76. The van der Waals surface area contributed by atoms with E-state index >= 15 is 0 Å². The Bertz CT molecular complexity index is 752. The van der Waals surface area contributed by atoms with Crippen LogP contribution in [0.4, 0.5) is 5.69 Å². The van der Waals surface area contributed by atoms with Crippen LogP contribution in [-0.2, 0) is 6.54 Å². The van der Waals surface area contributed by atoms with E-state index in [-0.39, 0.29) is 24.0 Å². The minimum absolute atomic E-state index is 0. The third-order valence-electron chi connectivity index (χ3n) is 5.39. The summed E-state index contributed by atoms with van der Waals surface area (Å²) in [7, 11) is 1.82. The van der Waals surface area contributed by atoms with Crippen LogP contribution in [0.1, 0.15) is 28.4 Å². The predicted molar refractivity (Wildman–Crippen MR) is 140 cm³/mol. The van der Waals surface area contributed by atoms with Crippen molar-refractivity contribution in [3.05, 3.63) is 45.9 Å². The molecular weight excluding hydrogens is 507 g/mol. The highest BCUT2D eigenvalue weighted by Crippen LogP contribution is 2.16. The first-order valence-corrected chi connectivity index (χ1v) is 11.4. The quantitative estimate of drug-likeness (QED) is 0.231. The van der Waals surface area contributed by atoms with Crippen molar-refractivity contribution in [3.63, 3.8) is 0 Å². The van der Waals surface area contributed by atoms with Crippen molar-refractivity contribution >= 4 is 47.0 Å². The van der Waals surface area contributed by atoms with E-state index in [0.717, 1.165) is 62.4 Å². The van der Waals surface area contributed by atoms with Crippen LogP contribution in [0.5, 0.6) is 0 Å². The third-order valence-corrected chi connectivity index (χ3v) is 6.46. The monoisotopic (exact) mass is 542 g/mol. The van der Waals surface area contributed by atoms with Crippen LogP contribution >= 0.6 is 35.3 Å². The fourth-order valence-electron chi connectivity index (χ4n) is 3.53. The minimum atomic E-state index is 0. The van der Waals surface area contributed by atoms with Gasteiger partial charge in [0.05, 0.1) is 12.2 Å². The Morgan fingerprint density at radius 3 is 2.43 bits per heavy atom. The normalized spacial score (nSPS) is 15.0. The molecule has 0 atom stereocenters. The van der Waals surface area contributed by atoms with Gasteiger partial charge in [-0.2, -0.15) is 0 Å². The average molecular weight is 543 g/mol. The molecule has 2 heterocycles. The summed E-state index contributed by atoms with van der Waals surface area (Å²) in [6.45, 7) is 11.6. The minimum Gasteiger partial charge on any atom is -0.369 e. The number of nitrogens with zero attached hydrogens (tertiary/aromatic N) is 4. The number of halogens is 1. The molecule has 1 aromatic heterocycles. The predicted octanol–water partition coefficient (Wildman–Crippen LogP) is 3.65. The first-order valence-electron chi connectivity index (χ1n) is 10.6. The number of thiazole rings is 1. The Morgan fingerprint density at radius 1 is 1.07 bits per heavy atom. The van der Waals surface area contributed by atoms with Gasteiger partial charge in [0.2, 0.25) is 0 Å². The number of benzene rings is 1. The number of aromatic nitrogens is 1. The Kier molecular flexibility index (Phi) is 10.9. The Labute approximate surface area is 202 Å². The zero-order valence-electron chi connectivity index (χ0n) is 18.4. The van der Waals surface area contributed by atoms with Crippen molar-refractivity contribution in [2.45, 2.75) is 33.2 Å². The molecule has 0 saturated carbocycles. The number of piperazine rings is 1. The van der Waals surface area contributed by atoms with Crippen molar-refractivity contribution in [1.29, 1.82) is 0 Å². The molecule has 2 aromatic rings. The number of aliphatic imine (C=N–C) groups is 1. The van der Waals surface area contributed by atoms with Gasteiger partial charge in [-0.15, -0.1) is 35.3 Å². The van der Waals surface area contributed by atoms with E-state index < -0.39 is 0 Å². The van der Waals surface area contributed by atoms with Gasteiger partial charge < -0.3 is 15.5 Å². The molecule has 1 aliphatic heterocycles. The lowest BCUT2D eigenvalue weighted by Gasteiger charge is -2.36. The molecule has 30 heavy (non-hydrogen) atoms. The maximum atomic E-state index is 4.57. The summed E-state index contributed by atoms with van der Waals surface area (Å²) in [5, 5.41) is 7.88. The summed E-state index contributed by atoms with van der Waals surface area (Å²) in [4.78, 5) is 15.2. The molecule has 6 nitrogen and oxygen atoms in total. The standard InChI is InChI=1S/C22H34N6S.HI/c1-18-19(2)29-21(26-18)17-25-22(23-3)24-11-7-8-12-27-13-15-28(16-14-27)20-9-5-4-6-10-20;/h4-6,9-10H,7-8,11-17H2,1-3H3,(H2,23,24,25);1H. The van der Waals surface area contributed by atoms with Crippen molar-refractivity contribution in [3.8, 4) is 0 Å². The van der Waals surface area contributed by atoms with E-state index in [9.17, 15) is 0 Å². The van der Waals surface area contributed by atoms with Gasteiger partial charge in [0.1, 0.15) is 5.01 Å². The lowest BCUT2D eigenvalue weighted by Crippen LogP contribution is -2.46. The molecule has 166 valence electrons. The number of aryl methyl sites for hydroxylation is 2. The zero-order chi connectivity index (χ0) is 20.5. The van der Waals surface area contributed by atoms with E-state index in [1.165, 1.54) is 23.5 Å². The zero-order valence-corrected chi connectivity index (χ0v) is 21.5. The smallest absolute Gasteiger partial charge is 0.191 e. The molecule has 0 spiro atoms. The van der Waals surface area contributed by atoms with Gasteiger partial charge in [0, 0.05) is 50.3 Å². The molecule has 8 heteroatoms. The summed E-state index contributed by atoms with van der Waals surface area (Å²) in [6, 6.07) is 10.7. The molecule has 1 aliphatic rings. The van der Waals surface area contributed by atoms with Gasteiger partial charge in [-0.3, -0.25) is 9.89 Å². The first kappa shape index (κ1) is 24.9. The molecule has 1 aromatic carbocycles. The van der Waals surface area contributed by atoms with E-state index in [1.54, 1.807) is 11.3 Å². The maximum Gasteiger partial charge on any atom is 0.191 e. The van der Waals surface area contributed by atoms with Crippen molar-refractivity contribution in [1.82, 2.24) is 20.5 Å². The topological polar surface area (TPSA) is 55.8 Å².